The molecule has 2 rings (SSSR count). The summed E-state index contributed by atoms with van der Waals surface area (Å²) < 4.78 is 5.43. The molecule has 1 saturated heterocycles. The van der Waals surface area contributed by atoms with Crippen molar-refractivity contribution in [3.63, 3.8) is 0 Å². The Hall–Kier alpha value is -0.120. The number of hydrogen-bond donors (Lipinski definition) is 1. The van der Waals surface area contributed by atoms with Crippen LogP contribution in [0.15, 0.2) is 0 Å². The Balaban J connectivity index is 1.80. The lowest BCUT2D eigenvalue weighted by molar-refractivity contribution is 0.0365. The van der Waals surface area contributed by atoms with E-state index in [1.165, 1.54) is 51.5 Å². The average molecular weight is 240 g/mol. The molecule has 1 saturated carbocycles. The summed E-state index contributed by atoms with van der Waals surface area (Å²) in [5.41, 5.74) is 6.31. The number of nitrogens with two attached hydrogens (primary N) is 1. The van der Waals surface area contributed by atoms with Gasteiger partial charge in [-0.15, -0.1) is 0 Å². The standard InChI is InChI=1S/C14H28N2O/c1-16(13-7-9-17-10-8-13)11-12-5-3-2-4-6-14(12)15/h12-14H,2-11,15H2,1H3. The zero-order valence-corrected chi connectivity index (χ0v) is 11.2. The molecule has 0 aromatic carbocycles. The van der Waals surface area contributed by atoms with Crippen molar-refractivity contribution < 1.29 is 4.74 Å². The van der Waals surface area contributed by atoms with E-state index < -0.39 is 0 Å². The summed E-state index contributed by atoms with van der Waals surface area (Å²) in [6.45, 7) is 3.06. The van der Waals surface area contributed by atoms with Crippen LogP contribution in [0.5, 0.6) is 0 Å². The highest BCUT2D eigenvalue weighted by molar-refractivity contribution is 4.81. The van der Waals surface area contributed by atoms with E-state index in [0.717, 1.165) is 19.3 Å². The topological polar surface area (TPSA) is 38.5 Å². The van der Waals surface area contributed by atoms with Crippen molar-refractivity contribution in [2.24, 2.45) is 11.7 Å². The highest BCUT2D eigenvalue weighted by atomic mass is 16.5. The van der Waals surface area contributed by atoms with E-state index in [4.69, 9.17) is 10.5 Å². The van der Waals surface area contributed by atoms with Crippen LogP contribution in [0.1, 0.15) is 44.9 Å². The number of hydrogen-bond acceptors (Lipinski definition) is 3. The van der Waals surface area contributed by atoms with Gasteiger partial charge in [-0.05, 0) is 38.6 Å². The minimum Gasteiger partial charge on any atom is -0.381 e. The Kier molecular flexibility index (Phi) is 5.26. The van der Waals surface area contributed by atoms with Crippen LogP contribution < -0.4 is 5.73 Å². The van der Waals surface area contributed by atoms with Crippen molar-refractivity contribution in [1.82, 2.24) is 4.90 Å². The van der Waals surface area contributed by atoms with Gasteiger partial charge in [-0.2, -0.15) is 0 Å². The van der Waals surface area contributed by atoms with Crippen LogP contribution in [-0.4, -0.2) is 43.8 Å². The van der Waals surface area contributed by atoms with Crippen LogP contribution in [0.2, 0.25) is 0 Å². The smallest absolute Gasteiger partial charge is 0.0480 e. The Morgan fingerprint density at radius 2 is 1.76 bits per heavy atom. The Labute approximate surface area is 106 Å². The van der Waals surface area contributed by atoms with E-state index in [1.807, 2.05) is 0 Å². The first-order valence-corrected chi connectivity index (χ1v) is 7.31. The Morgan fingerprint density at radius 1 is 1.06 bits per heavy atom. The molecule has 0 aromatic rings. The first kappa shape index (κ1) is 13.3. The van der Waals surface area contributed by atoms with Gasteiger partial charge in [0.2, 0.25) is 0 Å². The maximum atomic E-state index is 6.31. The molecule has 0 radical (unpaired) electrons. The van der Waals surface area contributed by atoms with Crippen LogP contribution >= 0.6 is 0 Å². The second-order valence-corrected chi connectivity index (χ2v) is 5.85. The van der Waals surface area contributed by atoms with Crippen molar-refractivity contribution in [2.45, 2.75) is 57.0 Å². The molecule has 3 nitrogen and oxygen atoms in total. The van der Waals surface area contributed by atoms with Gasteiger partial charge in [0.1, 0.15) is 0 Å². The molecule has 0 bridgehead atoms. The summed E-state index contributed by atoms with van der Waals surface area (Å²) in [5, 5.41) is 0. The predicted molar refractivity (Wildman–Crippen MR) is 71.0 cm³/mol. The van der Waals surface area contributed by atoms with Crippen molar-refractivity contribution >= 4 is 0 Å². The lowest BCUT2D eigenvalue weighted by atomic mass is 9.94. The van der Waals surface area contributed by atoms with E-state index >= 15 is 0 Å². The maximum Gasteiger partial charge on any atom is 0.0480 e. The van der Waals surface area contributed by atoms with Crippen LogP contribution in [0.25, 0.3) is 0 Å². The molecule has 17 heavy (non-hydrogen) atoms. The molecular formula is C14H28N2O. The van der Waals surface area contributed by atoms with Crippen LogP contribution in [0.4, 0.5) is 0 Å². The van der Waals surface area contributed by atoms with Gasteiger partial charge in [-0.1, -0.05) is 19.3 Å². The van der Waals surface area contributed by atoms with E-state index in [1.54, 1.807) is 0 Å². The van der Waals surface area contributed by atoms with Gasteiger partial charge >= 0.3 is 0 Å². The molecule has 0 amide bonds. The number of nitrogens with zero attached hydrogens (tertiary/aromatic N) is 1. The summed E-state index contributed by atoms with van der Waals surface area (Å²) in [6.07, 6.45) is 9.03. The summed E-state index contributed by atoms with van der Waals surface area (Å²) in [7, 11) is 2.27. The van der Waals surface area contributed by atoms with Crippen molar-refractivity contribution in [1.29, 1.82) is 0 Å². The summed E-state index contributed by atoms with van der Waals surface area (Å²) in [5.74, 6) is 0.713. The Morgan fingerprint density at radius 3 is 2.53 bits per heavy atom. The quantitative estimate of drug-likeness (QED) is 0.767. The molecule has 1 aliphatic heterocycles. The molecule has 100 valence electrons. The molecule has 0 spiro atoms. The minimum absolute atomic E-state index is 0.430. The van der Waals surface area contributed by atoms with Crippen LogP contribution in [0, 0.1) is 5.92 Å². The average Bonchev–Trinajstić information content (AvgIpc) is 2.56. The monoisotopic (exact) mass is 240 g/mol. The van der Waals surface area contributed by atoms with Crippen molar-refractivity contribution in [3.8, 4) is 0 Å². The highest BCUT2D eigenvalue weighted by Gasteiger charge is 2.25. The third kappa shape index (κ3) is 3.94. The molecular weight excluding hydrogens is 212 g/mol. The molecule has 3 heteroatoms. The predicted octanol–water partition coefficient (Wildman–Crippen LogP) is 2.00. The van der Waals surface area contributed by atoms with E-state index in [9.17, 15) is 0 Å². The first-order chi connectivity index (χ1) is 8.27. The van der Waals surface area contributed by atoms with Gasteiger partial charge in [0, 0.05) is 31.8 Å². The van der Waals surface area contributed by atoms with Crippen molar-refractivity contribution in [2.75, 3.05) is 26.8 Å². The van der Waals surface area contributed by atoms with E-state index in [-0.39, 0.29) is 0 Å². The van der Waals surface area contributed by atoms with Gasteiger partial charge in [-0.25, -0.2) is 0 Å². The van der Waals surface area contributed by atoms with Crippen LogP contribution in [0.3, 0.4) is 0 Å². The SMILES string of the molecule is CN(CC1CCCCCC1N)C1CCOCC1. The molecule has 2 unspecified atom stereocenters. The Bertz CT molecular complexity index is 216. The lowest BCUT2D eigenvalue weighted by Crippen LogP contribution is -2.43. The highest BCUT2D eigenvalue weighted by Crippen LogP contribution is 2.24. The van der Waals surface area contributed by atoms with Gasteiger partial charge in [0.05, 0.1) is 0 Å². The molecule has 1 heterocycles. The third-order valence-corrected chi connectivity index (χ3v) is 4.55. The summed E-state index contributed by atoms with van der Waals surface area (Å²) in [4.78, 5) is 2.54. The fourth-order valence-electron chi connectivity index (χ4n) is 3.28. The van der Waals surface area contributed by atoms with Crippen molar-refractivity contribution in [3.05, 3.63) is 0 Å². The van der Waals surface area contributed by atoms with Gasteiger partial charge in [0.25, 0.3) is 0 Å². The van der Waals surface area contributed by atoms with E-state index in [2.05, 4.69) is 11.9 Å². The van der Waals surface area contributed by atoms with Crippen LogP contribution in [-0.2, 0) is 4.74 Å². The molecule has 2 atom stereocenters. The molecule has 2 fully saturated rings. The van der Waals surface area contributed by atoms with Gasteiger partial charge < -0.3 is 15.4 Å². The lowest BCUT2D eigenvalue weighted by Gasteiger charge is -2.35. The maximum absolute atomic E-state index is 6.31. The summed E-state index contributed by atoms with van der Waals surface area (Å²) in [6, 6.07) is 1.15. The minimum atomic E-state index is 0.430. The van der Waals surface area contributed by atoms with Gasteiger partial charge in [-0.3, -0.25) is 0 Å². The van der Waals surface area contributed by atoms with E-state index in [0.29, 0.717) is 12.0 Å². The zero-order chi connectivity index (χ0) is 12.1. The number of rotatable bonds is 3. The second-order valence-electron chi connectivity index (χ2n) is 5.85. The molecule has 1 aliphatic carbocycles. The van der Waals surface area contributed by atoms with Gasteiger partial charge in [0.15, 0.2) is 0 Å². The molecule has 0 aromatic heterocycles. The fraction of sp³-hybridized carbons (Fsp3) is 1.00. The number of ether oxygens (including phenoxy) is 1. The molecule has 2 aliphatic rings. The largest absolute Gasteiger partial charge is 0.381 e. The molecule has 2 N–H and O–H groups in total. The normalized spacial score (nSPS) is 32.6. The first-order valence-electron chi connectivity index (χ1n) is 7.31. The zero-order valence-electron chi connectivity index (χ0n) is 11.2. The summed E-state index contributed by atoms with van der Waals surface area (Å²) >= 11 is 0. The third-order valence-electron chi connectivity index (χ3n) is 4.55. The fourth-order valence-corrected chi connectivity index (χ4v) is 3.28. The second kappa shape index (κ2) is 6.72.